The summed E-state index contributed by atoms with van der Waals surface area (Å²) in [7, 11) is 0. The maximum Gasteiger partial charge on any atom is 0.0567 e. The Morgan fingerprint density at radius 1 is 1.32 bits per heavy atom. The number of rotatable bonds is 3. The van der Waals surface area contributed by atoms with Crippen molar-refractivity contribution < 1.29 is 0 Å². The van der Waals surface area contributed by atoms with Gasteiger partial charge in [0, 0.05) is 22.8 Å². The van der Waals surface area contributed by atoms with Crippen LogP contribution in [0, 0.1) is 5.92 Å². The van der Waals surface area contributed by atoms with Gasteiger partial charge < -0.3 is 5.73 Å². The van der Waals surface area contributed by atoms with Crippen molar-refractivity contribution in [1.29, 1.82) is 0 Å². The molecule has 1 aliphatic carbocycles. The fourth-order valence-electron chi connectivity index (χ4n) is 3.97. The van der Waals surface area contributed by atoms with Gasteiger partial charge in [-0.25, -0.2) is 0 Å². The Hall–Kier alpha value is -0.0900. The van der Waals surface area contributed by atoms with Crippen molar-refractivity contribution in [1.82, 2.24) is 4.90 Å². The van der Waals surface area contributed by atoms with Crippen LogP contribution in [0.2, 0.25) is 5.02 Å². The Balaban J connectivity index is 1.81. The second-order valence-corrected chi connectivity index (χ2v) is 7.29. The van der Waals surface area contributed by atoms with Crippen LogP contribution in [0.25, 0.3) is 0 Å². The molecule has 19 heavy (non-hydrogen) atoms. The molecule has 1 aromatic rings. The maximum absolute atomic E-state index is 6.09. The van der Waals surface area contributed by atoms with E-state index >= 15 is 0 Å². The molecular formula is C15H23ClN2S. The van der Waals surface area contributed by atoms with E-state index in [1.54, 1.807) is 11.3 Å². The fraction of sp³-hybridized carbons (Fsp3) is 0.733. The summed E-state index contributed by atoms with van der Waals surface area (Å²) >= 11 is 7.85. The lowest BCUT2D eigenvalue weighted by Crippen LogP contribution is -2.49. The van der Waals surface area contributed by atoms with Crippen LogP contribution in [-0.4, -0.2) is 24.0 Å². The molecule has 1 saturated heterocycles. The van der Waals surface area contributed by atoms with E-state index in [1.807, 2.05) is 5.38 Å². The first kappa shape index (κ1) is 13.9. The molecule has 1 aliphatic heterocycles. The molecule has 2 N–H and O–H groups in total. The minimum Gasteiger partial charge on any atom is -0.329 e. The Labute approximate surface area is 124 Å². The topological polar surface area (TPSA) is 29.3 Å². The molecule has 3 unspecified atom stereocenters. The SMILES string of the molecule is NCC(c1cc(Cl)cs1)N1CCCC2CCCCC21. The second-order valence-electron chi connectivity index (χ2n) is 5.91. The number of fused-ring (bicyclic) bond motifs is 1. The summed E-state index contributed by atoms with van der Waals surface area (Å²) in [5, 5.41) is 2.89. The Kier molecular flexibility index (Phi) is 4.47. The molecule has 2 heterocycles. The predicted octanol–water partition coefficient (Wildman–Crippen LogP) is 4.06. The zero-order valence-electron chi connectivity index (χ0n) is 11.4. The predicted molar refractivity (Wildman–Crippen MR) is 82.8 cm³/mol. The van der Waals surface area contributed by atoms with E-state index in [0.29, 0.717) is 12.6 Å². The standard InChI is InChI=1S/C15H23ClN2S/c16-12-8-15(19-10-12)14(9-17)18-7-3-5-11-4-1-2-6-13(11)18/h8,10-11,13-14H,1-7,9,17H2. The molecule has 2 fully saturated rings. The summed E-state index contributed by atoms with van der Waals surface area (Å²) in [6, 6.07) is 3.25. The molecule has 0 amide bonds. The first-order valence-electron chi connectivity index (χ1n) is 7.49. The summed E-state index contributed by atoms with van der Waals surface area (Å²) < 4.78 is 0. The maximum atomic E-state index is 6.09. The molecule has 0 radical (unpaired) electrons. The number of halogens is 1. The van der Waals surface area contributed by atoms with E-state index in [9.17, 15) is 0 Å². The van der Waals surface area contributed by atoms with E-state index in [-0.39, 0.29) is 0 Å². The first-order valence-corrected chi connectivity index (χ1v) is 8.75. The number of nitrogens with two attached hydrogens (primary N) is 1. The Morgan fingerprint density at radius 3 is 2.84 bits per heavy atom. The van der Waals surface area contributed by atoms with Crippen molar-refractivity contribution in [3.63, 3.8) is 0 Å². The van der Waals surface area contributed by atoms with Crippen LogP contribution in [0.3, 0.4) is 0 Å². The van der Waals surface area contributed by atoms with Crippen LogP contribution in [0.15, 0.2) is 11.4 Å². The van der Waals surface area contributed by atoms with Gasteiger partial charge in [0.15, 0.2) is 0 Å². The highest BCUT2D eigenvalue weighted by Gasteiger charge is 2.36. The minimum atomic E-state index is 0.378. The van der Waals surface area contributed by atoms with Gasteiger partial charge in [-0.3, -0.25) is 4.90 Å². The summed E-state index contributed by atoms with van der Waals surface area (Å²) in [6.45, 7) is 1.92. The molecular weight excluding hydrogens is 276 g/mol. The number of hydrogen-bond acceptors (Lipinski definition) is 3. The molecule has 0 spiro atoms. The quantitative estimate of drug-likeness (QED) is 0.912. The molecule has 3 rings (SSSR count). The smallest absolute Gasteiger partial charge is 0.0567 e. The van der Waals surface area contributed by atoms with Gasteiger partial charge in [0.05, 0.1) is 11.1 Å². The van der Waals surface area contributed by atoms with E-state index in [2.05, 4.69) is 11.0 Å². The van der Waals surface area contributed by atoms with Crippen LogP contribution in [0.5, 0.6) is 0 Å². The number of piperidine rings is 1. The zero-order valence-corrected chi connectivity index (χ0v) is 12.9. The Morgan fingerprint density at radius 2 is 2.11 bits per heavy atom. The molecule has 0 aromatic carbocycles. The zero-order chi connectivity index (χ0) is 13.2. The van der Waals surface area contributed by atoms with Crippen LogP contribution in [-0.2, 0) is 0 Å². The average molecular weight is 299 g/mol. The molecule has 106 valence electrons. The van der Waals surface area contributed by atoms with Crippen molar-refractivity contribution in [2.24, 2.45) is 11.7 Å². The number of thiophene rings is 1. The highest BCUT2D eigenvalue weighted by atomic mass is 35.5. The van der Waals surface area contributed by atoms with Crippen LogP contribution in [0.1, 0.15) is 49.4 Å². The summed E-state index contributed by atoms with van der Waals surface area (Å²) in [6.07, 6.45) is 8.34. The third kappa shape index (κ3) is 2.85. The number of likely N-dealkylation sites (tertiary alicyclic amines) is 1. The first-order chi connectivity index (χ1) is 9.29. The lowest BCUT2D eigenvalue weighted by molar-refractivity contribution is 0.0287. The molecule has 4 heteroatoms. The third-order valence-electron chi connectivity index (χ3n) is 4.83. The summed E-state index contributed by atoms with van der Waals surface area (Å²) in [5.41, 5.74) is 6.09. The summed E-state index contributed by atoms with van der Waals surface area (Å²) in [5.74, 6) is 0.909. The van der Waals surface area contributed by atoms with Gasteiger partial charge in [0.2, 0.25) is 0 Å². The van der Waals surface area contributed by atoms with E-state index in [0.717, 1.165) is 17.0 Å². The van der Waals surface area contributed by atoms with Gasteiger partial charge in [0.1, 0.15) is 0 Å². The third-order valence-corrected chi connectivity index (χ3v) is 6.21. The molecule has 2 nitrogen and oxygen atoms in total. The van der Waals surface area contributed by atoms with Crippen molar-refractivity contribution in [3.05, 3.63) is 21.3 Å². The molecule has 2 aliphatic rings. The average Bonchev–Trinajstić information content (AvgIpc) is 2.86. The van der Waals surface area contributed by atoms with E-state index < -0.39 is 0 Å². The van der Waals surface area contributed by atoms with Gasteiger partial charge in [-0.15, -0.1) is 11.3 Å². The fourth-order valence-corrected chi connectivity index (χ4v) is 5.18. The normalized spacial score (nSPS) is 30.0. The van der Waals surface area contributed by atoms with Crippen molar-refractivity contribution in [2.75, 3.05) is 13.1 Å². The van der Waals surface area contributed by atoms with Crippen molar-refractivity contribution in [2.45, 2.75) is 50.6 Å². The molecule has 1 aromatic heterocycles. The van der Waals surface area contributed by atoms with Gasteiger partial charge in [-0.05, 0) is 44.2 Å². The molecule has 0 bridgehead atoms. The largest absolute Gasteiger partial charge is 0.329 e. The lowest BCUT2D eigenvalue weighted by Gasteiger charge is -2.47. The van der Waals surface area contributed by atoms with Gasteiger partial charge in [-0.2, -0.15) is 0 Å². The van der Waals surface area contributed by atoms with E-state index in [1.165, 1.54) is 49.9 Å². The highest BCUT2D eigenvalue weighted by molar-refractivity contribution is 7.10. The van der Waals surface area contributed by atoms with Gasteiger partial charge in [0.25, 0.3) is 0 Å². The van der Waals surface area contributed by atoms with Gasteiger partial charge in [-0.1, -0.05) is 24.4 Å². The number of nitrogens with zero attached hydrogens (tertiary/aromatic N) is 1. The Bertz CT molecular complexity index is 418. The second kappa shape index (κ2) is 6.13. The summed E-state index contributed by atoms with van der Waals surface area (Å²) in [4.78, 5) is 4.04. The molecule has 3 atom stereocenters. The van der Waals surface area contributed by atoms with E-state index in [4.69, 9.17) is 17.3 Å². The van der Waals surface area contributed by atoms with Crippen LogP contribution < -0.4 is 5.73 Å². The molecule has 1 saturated carbocycles. The highest BCUT2D eigenvalue weighted by Crippen LogP contribution is 2.40. The van der Waals surface area contributed by atoms with Crippen molar-refractivity contribution in [3.8, 4) is 0 Å². The van der Waals surface area contributed by atoms with Crippen LogP contribution >= 0.6 is 22.9 Å². The van der Waals surface area contributed by atoms with Crippen molar-refractivity contribution >= 4 is 22.9 Å². The van der Waals surface area contributed by atoms with Crippen LogP contribution in [0.4, 0.5) is 0 Å². The monoisotopic (exact) mass is 298 g/mol. The van der Waals surface area contributed by atoms with Gasteiger partial charge >= 0.3 is 0 Å². The minimum absolute atomic E-state index is 0.378. The number of hydrogen-bond donors (Lipinski definition) is 1. The lowest BCUT2D eigenvalue weighted by atomic mass is 9.77.